The topological polar surface area (TPSA) is 28.2 Å². The summed E-state index contributed by atoms with van der Waals surface area (Å²) in [4.78, 5) is 5.98. The summed E-state index contributed by atoms with van der Waals surface area (Å²) >= 11 is 5.54. The highest BCUT2D eigenvalue weighted by Gasteiger charge is 2.39. The van der Waals surface area contributed by atoms with Crippen molar-refractivity contribution in [1.82, 2.24) is 10.3 Å². The zero-order valence-electron chi connectivity index (χ0n) is 8.08. The number of hydrogen-bond acceptors (Lipinski definition) is 3. The molecule has 0 saturated carbocycles. The van der Waals surface area contributed by atoms with Crippen LogP contribution in [0.3, 0.4) is 0 Å². The smallest absolute Gasteiger partial charge is 0.164 e. The fraction of sp³-hybridized carbons (Fsp3) is 0.500. The average Bonchev–Trinajstić information content (AvgIpc) is 2.48. The molecule has 0 spiro atoms. The number of anilines is 1. The fourth-order valence-electron chi connectivity index (χ4n) is 2.25. The third-order valence-electron chi connectivity index (χ3n) is 3.23. The van der Waals surface area contributed by atoms with Crippen LogP contribution in [0, 0.1) is 11.7 Å². The Morgan fingerprint density at radius 2 is 2.40 bits per heavy atom. The van der Waals surface area contributed by atoms with Crippen molar-refractivity contribution < 1.29 is 4.39 Å². The second-order valence-corrected chi connectivity index (χ2v) is 4.50. The molecular weight excluding hydrogens is 217 g/mol. The summed E-state index contributed by atoms with van der Waals surface area (Å²) < 4.78 is 13.2. The molecule has 1 aromatic rings. The van der Waals surface area contributed by atoms with Crippen LogP contribution in [0.1, 0.15) is 0 Å². The lowest BCUT2D eigenvalue weighted by molar-refractivity contribution is 0.297. The van der Waals surface area contributed by atoms with Gasteiger partial charge in [-0.3, -0.25) is 0 Å². The summed E-state index contributed by atoms with van der Waals surface area (Å²) in [5, 5.41) is 3.29. The maximum absolute atomic E-state index is 13.2. The largest absolute Gasteiger partial charge is 0.368 e. The van der Waals surface area contributed by atoms with Crippen LogP contribution in [0.15, 0.2) is 12.3 Å². The molecule has 3 heterocycles. The standard InChI is InChI=1S/C10H11ClFN3/c11-10-8(12)1-7(3-14-10)15-4-6-2-13-9(6)5-15/h1,3,6,9,13H,2,4-5H2/t6-,9+/m1/s1. The lowest BCUT2D eigenvalue weighted by Gasteiger charge is -2.29. The molecule has 5 heteroatoms. The van der Waals surface area contributed by atoms with Crippen LogP contribution >= 0.6 is 11.6 Å². The van der Waals surface area contributed by atoms with E-state index in [2.05, 4.69) is 15.2 Å². The Morgan fingerprint density at radius 1 is 1.53 bits per heavy atom. The molecule has 80 valence electrons. The first-order valence-corrected chi connectivity index (χ1v) is 5.41. The Labute approximate surface area is 92.2 Å². The zero-order chi connectivity index (χ0) is 10.4. The number of fused-ring (bicyclic) bond motifs is 1. The Balaban J connectivity index is 1.84. The first-order valence-electron chi connectivity index (χ1n) is 5.03. The molecule has 2 aliphatic rings. The van der Waals surface area contributed by atoms with Gasteiger partial charge in [0.25, 0.3) is 0 Å². The van der Waals surface area contributed by atoms with E-state index >= 15 is 0 Å². The van der Waals surface area contributed by atoms with Gasteiger partial charge in [0.1, 0.15) is 0 Å². The van der Waals surface area contributed by atoms with Crippen LogP contribution in [0.2, 0.25) is 5.15 Å². The molecule has 2 aliphatic heterocycles. The van der Waals surface area contributed by atoms with Gasteiger partial charge in [-0.2, -0.15) is 0 Å². The van der Waals surface area contributed by atoms with Crippen molar-refractivity contribution >= 4 is 17.3 Å². The molecule has 0 bridgehead atoms. The van der Waals surface area contributed by atoms with Crippen molar-refractivity contribution in [2.75, 3.05) is 24.5 Å². The minimum absolute atomic E-state index is 0.0564. The van der Waals surface area contributed by atoms with Crippen LogP contribution in [0.5, 0.6) is 0 Å². The highest BCUT2D eigenvalue weighted by atomic mass is 35.5. The van der Waals surface area contributed by atoms with Crippen LogP contribution in [-0.2, 0) is 0 Å². The summed E-state index contributed by atoms with van der Waals surface area (Å²) in [5.41, 5.74) is 0.827. The molecule has 0 unspecified atom stereocenters. The minimum atomic E-state index is -0.443. The van der Waals surface area contributed by atoms with E-state index < -0.39 is 5.82 Å². The zero-order valence-corrected chi connectivity index (χ0v) is 8.84. The van der Waals surface area contributed by atoms with Crippen LogP contribution in [0.25, 0.3) is 0 Å². The van der Waals surface area contributed by atoms with E-state index in [9.17, 15) is 4.39 Å². The highest BCUT2D eigenvalue weighted by molar-refractivity contribution is 6.29. The van der Waals surface area contributed by atoms with Gasteiger partial charge in [-0.1, -0.05) is 11.6 Å². The third kappa shape index (κ3) is 1.48. The maximum atomic E-state index is 13.2. The number of hydrogen-bond donors (Lipinski definition) is 1. The lowest BCUT2D eigenvalue weighted by Crippen LogP contribution is -2.51. The predicted octanol–water partition coefficient (Wildman–Crippen LogP) is 1.28. The van der Waals surface area contributed by atoms with Gasteiger partial charge in [0.2, 0.25) is 0 Å². The monoisotopic (exact) mass is 227 g/mol. The third-order valence-corrected chi connectivity index (χ3v) is 3.51. The SMILES string of the molecule is Fc1cc(N2C[C@H]3CN[C@H]3C2)cnc1Cl. The first-order chi connectivity index (χ1) is 7.24. The quantitative estimate of drug-likeness (QED) is 0.733. The molecule has 3 nitrogen and oxygen atoms in total. The molecule has 0 aromatic carbocycles. The van der Waals surface area contributed by atoms with Gasteiger partial charge in [-0.05, 0) is 0 Å². The van der Waals surface area contributed by atoms with Gasteiger partial charge in [0.15, 0.2) is 11.0 Å². The van der Waals surface area contributed by atoms with Crippen molar-refractivity contribution in [3.8, 4) is 0 Å². The molecular formula is C10H11ClFN3. The maximum Gasteiger partial charge on any atom is 0.164 e. The van der Waals surface area contributed by atoms with Crippen LogP contribution < -0.4 is 10.2 Å². The summed E-state index contributed by atoms with van der Waals surface area (Å²) in [5.74, 6) is 0.269. The van der Waals surface area contributed by atoms with Crippen molar-refractivity contribution in [3.05, 3.63) is 23.2 Å². The molecule has 2 saturated heterocycles. The number of nitrogens with zero attached hydrogens (tertiary/aromatic N) is 2. The molecule has 2 fully saturated rings. The van der Waals surface area contributed by atoms with E-state index in [1.807, 2.05) is 0 Å². The van der Waals surface area contributed by atoms with Crippen molar-refractivity contribution in [2.24, 2.45) is 5.92 Å². The molecule has 3 rings (SSSR count). The van der Waals surface area contributed by atoms with E-state index in [-0.39, 0.29) is 5.15 Å². The number of rotatable bonds is 1. The van der Waals surface area contributed by atoms with Crippen molar-refractivity contribution in [1.29, 1.82) is 0 Å². The second-order valence-electron chi connectivity index (χ2n) is 4.15. The average molecular weight is 228 g/mol. The normalized spacial score (nSPS) is 28.8. The first kappa shape index (κ1) is 9.36. The summed E-state index contributed by atoms with van der Waals surface area (Å²) in [6.45, 7) is 3.00. The molecule has 15 heavy (non-hydrogen) atoms. The van der Waals surface area contributed by atoms with E-state index in [1.165, 1.54) is 6.07 Å². The highest BCUT2D eigenvalue weighted by Crippen LogP contribution is 2.29. The van der Waals surface area contributed by atoms with Gasteiger partial charge >= 0.3 is 0 Å². The van der Waals surface area contributed by atoms with Gasteiger partial charge in [-0.15, -0.1) is 0 Å². The second kappa shape index (κ2) is 3.32. The van der Waals surface area contributed by atoms with E-state index in [1.54, 1.807) is 6.20 Å². The molecule has 1 aromatic heterocycles. The van der Waals surface area contributed by atoms with E-state index in [4.69, 9.17) is 11.6 Å². The molecule has 0 aliphatic carbocycles. The van der Waals surface area contributed by atoms with Gasteiger partial charge < -0.3 is 10.2 Å². The van der Waals surface area contributed by atoms with Gasteiger partial charge in [0, 0.05) is 37.7 Å². The fourth-order valence-corrected chi connectivity index (χ4v) is 2.35. The number of pyridine rings is 1. The van der Waals surface area contributed by atoms with Crippen LogP contribution in [0.4, 0.5) is 10.1 Å². The number of aromatic nitrogens is 1. The number of halogens is 2. The van der Waals surface area contributed by atoms with Crippen LogP contribution in [-0.4, -0.2) is 30.7 Å². The Morgan fingerprint density at radius 3 is 2.93 bits per heavy atom. The predicted molar refractivity (Wildman–Crippen MR) is 56.7 cm³/mol. The van der Waals surface area contributed by atoms with Crippen molar-refractivity contribution in [3.63, 3.8) is 0 Å². The molecule has 2 atom stereocenters. The van der Waals surface area contributed by atoms with E-state index in [0.29, 0.717) is 12.0 Å². The molecule has 0 amide bonds. The van der Waals surface area contributed by atoms with E-state index in [0.717, 1.165) is 25.3 Å². The van der Waals surface area contributed by atoms with Crippen molar-refractivity contribution in [2.45, 2.75) is 6.04 Å². The number of nitrogens with one attached hydrogen (secondary N) is 1. The van der Waals surface area contributed by atoms with Gasteiger partial charge in [0.05, 0.1) is 11.9 Å². The lowest BCUT2D eigenvalue weighted by atomic mass is 9.96. The summed E-state index contributed by atoms with van der Waals surface area (Å²) in [6, 6.07) is 2.03. The Hall–Kier alpha value is -0.870. The Kier molecular flexibility index (Phi) is 2.07. The molecule has 1 N–H and O–H groups in total. The Bertz CT molecular complexity index is 386. The minimum Gasteiger partial charge on any atom is -0.368 e. The van der Waals surface area contributed by atoms with Gasteiger partial charge in [-0.25, -0.2) is 9.37 Å². The summed E-state index contributed by atoms with van der Waals surface area (Å²) in [7, 11) is 0. The summed E-state index contributed by atoms with van der Waals surface area (Å²) in [6.07, 6.45) is 1.64. The molecule has 0 radical (unpaired) electrons.